The Balaban J connectivity index is 2.37. The van der Waals surface area contributed by atoms with Crippen molar-refractivity contribution < 1.29 is 4.74 Å². The Labute approximate surface area is 122 Å². The smallest absolute Gasteiger partial charge is 0.174 e. The highest BCUT2D eigenvalue weighted by Gasteiger charge is 2.06. The summed E-state index contributed by atoms with van der Waals surface area (Å²) in [5.41, 5.74) is 1.09. The second kappa shape index (κ2) is 9.35. The maximum Gasteiger partial charge on any atom is 0.174 e. The van der Waals surface area contributed by atoms with Gasteiger partial charge in [-0.05, 0) is 26.5 Å². The number of nitrogens with zero attached hydrogens (tertiary/aromatic N) is 2. The average Bonchev–Trinajstić information content (AvgIpc) is 2.49. The van der Waals surface area contributed by atoms with E-state index in [-0.39, 0.29) is 6.61 Å². The number of ether oxygens (including phenoxy) is 1. The summed E-state index contributed by atoms with van der Waals surface area (Å²) in [6.45, 7) is 7.26. The van der Waals surface area contributed by atoms with Gasteiger partial charge in [0.15, 0.2) is 6.61 Å². The summed E-state index contributed by atoms with van der Waals surface area (Å²) in [5, 5.41) is 12.0. The van der Waals surface area contributed by atoms with Crippen LogP contribution in [-0.4, -0.2) is 37.7 Å². The molecule has 1 aromatic carbocycles. The minimum atomic E-state index is 0.0910. The molecule has 1 N–H and O–H groups in total. The summed E-state index contributed by atoms with van der Waals surface area (Å²) in [6.07, 6.45) is 1.17. The van der Waals surface area contributed by atoms with Crippen LogP contribution in [0.15, 0.2) is 24.3 Å². The molecule has 0 bridgehead atoms. The van der Waals surface area contributed by atoms with Crippen LogP contribution >= 0.6 is 0 Å². The predicted molar refractivity (Wildman–Crippen MR) is 81.6 cm³/mol. The van der Waals surface area contributed by atoms with E-state index in [0.29, 0.717) is 6.04 Å². The lowest BCUT2D eigenvalue weighted by atomic mass is 10.2. The first-order valence-corrected chi connectivity index (χ1v) is 7.17. The Hall–Kier alpha value is -1.57. The number of likely N-dealkylation sites (N-methyl/N-ethyl adjacent to an activating group) is 1. The van der Waals surface area contributed by atoms with E-state index in [1.54, 1.807) is 0 Å². The van der Waals surface area contributed by atoms with Crippen molar-refractivity contribution in [3.63, 3.8) is 0 Å². The van der Waals surface area contributed by atoms with Crippen LogP contribution in [-0.2, 0) is 6.54 Å². The number of benzene rings is 1. The fourth-order valence-electron chi connectivity index (χ4n) is 1.91. The van der Waals surface area contributed by atoms with Crippen molar-refractivity contribution in [2.24, 2.45) is 0 Å². The fraction of sp³-hybridized carbons (Fsp3) is 0.562. The van der Waals surface area contributed by atoms with Crippen LogP contribution in [0.1, 0.15) is 25.8 Å². The van der Waals surface area contributed by atoms with Gasteiger partial charge in [0.25, 0.3) is 0 Å². The second-order valence-corrected chi connectivity index (χ2v) is 4.97. The molecule has 0 heterocycles. The number of nitriles is 1. The van der Waals surface area contributed by atoms with Crippen molar-refractivity contribution in [2.75, 3.05) is 26.7 Å². The molecule has 4 nitrogen and oxygen atoms in total. The molecule has 0 aliphatic rings. The van der Waals surface area contributed by atoms with Gasteiger partial charge in [-0.25, -0.2) is 0 Å². The number of para-hydroxylation sites is 1. The van der Waals surface area contributed by atoms with Crippen molar-refractivity contribution in [3.05, 3.63) is 29.8 Å². The molecule has 110 valence electrons. The monoisotopic (exact) mass is 275 g/mol. The van der Waals surface area contributed by atoms with Gasteiger partial charge in [-0.1, -0.05) is 25.1 Å². The summed E-state index contributed by atoms with van der Waals surface area (Å²) in [6, 6.07) is 10.4. The number of hydrogen-bond acceptors (Lipinski definition) is 4. The topological polar surface area (TPSA) is 48.3 Å². The van der Waals surface area contributed by atoms with Crippen LogP contribution in [0.5, 0.6) is 5.75 Å². The predicted octanol–water partition coefficient (Wildman–Crippen LogP) is 2.41. The van der Waals surface area contributed by atoms with Crippen LogP contribution in [0.2, 0.25) is 0 Å². The summed E-state index contributed by atoms with van der Waals surface area (Å²) in [4.78, 5) is 2.35. The molecule has 0 fully saturated rings. The van der Waals surface area contributed by atoms with Gasteiger partial charge in [-0.2, -0.15) is 5.26 Å². The van der Waals surface area contributed by atoms with Gasteiger partial charge in [0, 0.05) is 31.2 Å². The van der Waals surface area contributed by atoms with Crippen molar-refractivity contribution in [1.82, 2.24) is 10.2 Å². The Kier molecular flexibility index (Phi) is 7.71. The molecule has 0 amide bonds. The first-order chi connectivity index (χ1) is 9.69. The van der Waals surface area contributed by atoms with E-state index in [1.165, 1.54) is 6.42 Å². The van der Waals surface area contributed by atoms with Crippen molar-refractivity contribution in [1.29, 1.82) is 5.26 Å². The molecule has 1 rings (SSSR count). The average molecular weight is 275 g/mol. The molecule has 4 heteroatoms. The van der Waals surface area contributed by atoms with Crippen LogP contribution in [0.25, 0.3) is 0 Å². The molecule has 1 aromatic rings. The standard InChI is InChI=1S/C16H25N3O/c1-4-14(2)19(3)11-10-18-13-15-7-5-6-8-16(15)20-12-9-17/h5-8,14,18H,4,10-13H2,1-3H3. The first-order valence-electron chi connectivity index (χ1n) is 7.17. The normalized spacial score (nSPS) is 12.2. The van der Waals surface area contributed by atoms with Crippen LogP contribution in [0.3, 0.4) is 0 Å². The van der Waals surface area contributed by atoms with Gasteiger partial charge >= 0.3 is 0 Å². The third-order valence-corrected chi connectivity index (χ3v) is 3.56. The second-order valence-electron chi connectivity index (χ2n) is 4.97. The van der Waals surface area contributed by atoms with Gasteiger partial charge in [-0.15, -0.1) is 0 Å². The van der Waals surface area contributed by atoms with Crippen LogP contribution < -0.4 is 10.1 Å². The lowest BCUT2D eigenvalue weighted by Gasteiger charge is -2.23. The lowest BCUT2D eigenvalue weighted by molar-refractivity contribution is 0.251. The van der Waals surface area contributed by atoms with Gasteiger partial charge < -0.3 is 15.0 Å². The molecule has 0 aliphatic heterocycles. The van der Waals surface area contributed by atoms with Crippen LogP contribution in [0, 0.1) is 11.3 Å². The largest absolute Gasteiger partial charge is 0.478 e. The number of nitrogens with one attached hydrogen (secondary N) is 1. The van der Waals surface area contributed by atoms with Crippen molar-refractivity contribution in [2.45, 2.75) is 32.9 Å². The van der Waals surface area contributed by atoms with Crippen molar-refractivity contribution in [3.8, 4) is 11.8 Å². The molecule has 0 saturated heterocycles. The number of rotatable bonds is 9. The molecule has 0 radical (unpaired) electrons. The van der Waals surface area contributed by atoms with E-state index in [1.807, 2.05) is 30.3 Å². The summed E-state index contributed by atoms with van der Waals surface area (Å²) in [5.74, 6) is 0.789. The Morgan fingerprint density at radius 1 is 1.40 bits per heavy atom. The molecule has 0 aromatic heterocycles. The maximum absolute atomic E-state index is 8.57. The molecular formula is C16H25N3O. The summed E-state index contributed by atoms with van der Waals surface area (Å²) >= 11 is 0. The molecule has 1 atom stereocenters. The Morgan fingerprint density at radius 3 is 2.85 bits per heavy atom. The van der Waals surface area contributed by atoms with E-state index in [0.717, 1.165) is 30.9 Å². The zero-order chi connectivity index (χ0) is 14.8. The van der Waals surface area contributed by atoms with Crippen molar-refractivity contribution >= 4 is 0 Å². The van der Waals surface area contributed by atoms with E-state index in [9.17, 15) is 0 Å². The van der Waals surface area contributed by atoms with Crippen LogP contribution in [0.4, 0.5) is 0 Å². The maximum atomic E-state index is 8.57. The highest BCUT2D eigenvalue weighted by molar-refractivity contribution is 5.33. The summed E-state index contributed by atoms with van der Waals surface area (Å²) in [7, 11) is 2.15. The quantitative estimate of drug-likeness (QED) is 0.703. The molecule has 1 unspecified atom stereocenters. The highest BCUT2D eigenvalue weighted by atomic mass is 16.5. The minimum absolute atomic E-state index is 0.0910. The SMILES string of the molecule is CCC(C)N(C)CCNCc1ccccc1OCC#N. The molecule has 20 heavy (non-hydrogen) atoms. The molecule has 0 aliphatic carbocycles. The third kappa shape index (κ3) is 5.60. The third-order valence-electron chi connectivity index (χ3n) is 3.56. The summed E-state index contributed by atoms with van der Waals surface area (Å²) < 4.78 is 5.41. The Morgan fingerprint density at radius 2 is 2.15 bits per heavy atom. The Bertz CT molecular complexity index is 428. The van der Waals surface area contributed by atoms with Gasteiger partial charge in [0.2, 0.25) is 0 Å². The highest BCUT2D eigenvalue weighted by Crippen LogP contribution is 2.17. The van der Waals surface area contributed by atoms with E-state index in [2.05, 4.69) is 31.1 Å². The minimum Gasteiger partial charge on any atom is -0.478 e. The number of hydrogen-bond donors (Lipinski definition) is 1. The lowest BCUT2D eigenvalue weighted by Crippen LogP contribution is -2.34. The molecule has 0 saturated carbocycles. The van der Waals surface area contributed by atoms with E-state index < -0.39 is 0 Å². The fourth-order valence-corrected chi connectivity index (χ4v) is 1.91. The van der Waals surface area contributed by atoms with E-state index in [4.69, 9.17) is 10.00 Å². The van der Waals surface area contributed by atoms with Gasteiger partial charge in [0.1, 0.15) is 11.8 Å². The molecular weight excluding hydrogens is 250 g/mol. The van der Waals surface area contributed by atoms with E-state index >= 15 is 0 Å². The van der Waals surface area contributed by atoms with Gasteiger partial charge in [0.05, 0.1) is 0 Å². The molecule has 0 spiro atoms. The zero-order valence-corrected chi connectivity index (χ0v) is 12.7. The first kappa shape index (κ1) is 16.5. The zero-order valence-electron chi connectivity index (χ0n) is 12.7. The van der Waals surface area contributed by atoms with Gasteiger partial charge in [-0.3, -0.25) is 0 Å².